The predicted octanol–water partition coefficient (Wildman–Crippen LogP) is 2.23. The molecule has 5 heteroatoms. The highest BCUT2D eigenvalue weighted by Crippen LogP contribution is 2.27. The van der Waals surface area contributed by atoms with E-state index in [1.54, 1.807) is 7.11 Å². The number of rotatable bonds is 3. The second-order valence-corrected chi connectivity index (χ2v) is 5.21. The molecule has 0 spiro atoms. The fraction of sp³-hybridized carbons (Fsp3) is 0.438. The maximum atomic E-state index is 12.9. The van der Waals surface area contributed by atoms with E-state index in [2.05, 4.69) is 0 Å². The van der Waals surface area contributed by atoms with Crippen LogP contribution in [0.5, 0.6) is 0 Å². The first kappa shape index (κ1) is 14.1. The largest absolute Gasteiger partial charge is 0.461 e. The van der Waals surface area contributed by atoms with Crippen LogP contribution >= 0.6 is 0 Å². The molecule has 0 saturated carbocycles. The molecule has 2 heterocycles. The summed E-state index contributed by atoms with van der Waals surface area (Å²) in [7, 11) is 1.63. The molecule has 5 nitrogen and oxygen atoms in total. The molecular weight excluding hydrogens is 270 g/mol. The summed E-state index contributed by atoms with van der Waals surface area (Å²) in [4.78, 5) is 14.8. The van der Waals surface area contributed by atoms with Gasteiger partial charge in [0.1, 0.15) is 11.3 Å². The maximum Gasteiger partial charge on any atom is 0.258 e. The minimum absolute atomic E-state index is 0.0113. The van der Waals surface area contributed by atoms with Gasteiger partial charge in [0.05, 0.1) is 31.4 Å². The first-order chi connectivity index (χ1) is 10.2. The molecular formula is C16H19NO4. The second kappa shape index (κ2) is 5.87. The van der Waals surface area contributed by atoms with Crippen LogP contribution in [0.1, 0.15) is 16.1 Å². The molecule has 1 aromatic heterocycles. The molecule has 0 N–H and O–H groups in total. The molecule has 1 aromatic carbocycles. The fourth-order valence-electron chi connectivity index (χ4n) is 2.83. The van der Waals surface area contributed by atoms with E-state index in [1.165, 1.54) is 0 Å². The van der Waals surface area contributed by atoms with Crippen molar-refractivity contribution in [1.29, 1.82) is 0 Å². The van der Waals surface area contributed by atoms with E-state index in [9.17, 15) is 4.79 Å². The fourth-order valence-corrected chi connectivity index (χ4v) is 2.83. The van der Waals surface area contributed by atoms with Crippen molar-refractivity contribution in [2.24, 2.45) is 0 Å². The minimum atomic E-state index is -0.0516. The van der Waals surface area contributed by atoms with Gasteiger partial charge in [0.25, 0.3) is 5.91 Å². The van der Waals surface area contributed by atoms with Crippen molar-refractivity contribution < 1.29 is 18.7 Å². The SMILES string of the molecule is COCC1COCCN1C(=O)c1c(C)oc2ccccc12. The summed E-state index contributed by atoms with van der Waals surface area (Å²) in [6.07, 6.45) is 0. The van der Waals surface area contributed by atoms with Crippen molar-refractivity contribution in [2.45, 2.75) is 13.0 Å². The van der Waals surface area contributed by atoms with Crippen LogP contribution in [0.2, 0.25) is 0 Å². The van der Waals surface area contributed by atoms with E-state index >= 15 is 0 Å². The number of ether oxygens (including phenoxy) is 2. The Morgan fingerprint density at radius 1 is 1.43 bits per heavy atom. The third kappa shape index (κ3) is 2.54. The van der Waals surface area contributed by atoms with Gasteiger partial charge in [-0.05, 0) is 13.0 Å². The number of hydrogen-bond donors (Lipinski definition) is 0. The molecule has 1 amide bonds. The van der Waals surface area contributed by atoms with Crippen molar-refractivity contribution in [3.8, 4) is 0 Å². The number of aryl methyl sites for hydroxylation is 1. The number of fused-ring (bicyclic) bond motifs is 1. The molecule has 1 unspecified atom stereocenters. The number of benzene rings is 1. The zero-order valence-electron chi connectivity index (χ0n) is 12.3. The molecule has 1 aliphatic rings. The van der Waals surface area contributed by atoms with Gasteiger partial charge < -0.3 is 18.8 Å². The molecule has 0 aliphatic carbocycles. The molecule has 2 aromatic rings. The van der Waals surface area contributed by atoms with E-state index < -0.39 is 0 Å². The van der Waals surface area contributed by atoms with E-state index in [-0.39, 0.29) is 11.9 Å². The Kier molecular flexibility index (Phi) is 3.94. The third-order valence-electron chi connectivity index (χ3n) is 3.83. The van der Waals surface area contributed by atoms with Crippen LogP contribution in [0.3, 0.4) is 0 Å². The van der Waals surface area contributed by atoms with Gasteiger partial charge in [-0.15, -0.1) is 0 Å². The summed E-state index contributed by atoms with van der Waals surface area (Å²) in [5.41, 5.74) is 1.39. The van der Waals surface area contributed by atoms with Crippen molar-refractivity contribution in [1.82, 2.24) is 4.90 Å². The maximum absolute atomic E-state index is 12.9. The Hall–Kier alpha value is -1.85. The number of amides is 1. The van der Waals surface area contributed by atoms with Crippen LogP contribution < -0.4 is 0 Å². The highest BCUT2D eigenvalue weighted by atomic mass is 16.5. The molecule has 21 heavy (non-hydrogen) atoms. The van der Waals surface area contributed by atoms with Gasteiger partial charge in [0.2, 0.25) is 0 Å². The number of morpholine rings is 1. The van der Waals surface area contributed by atoms with Crippen LogP contribution in [-0.4, -0.2) is 50.3 Å². The summed E-state index contributed by atoms with van der Waals surface area (Å²) in [6, 6.07) is 7.57. The van der Waals surface area contributed by atoms with Gasteiger partial charge in [-0.3, -0.25) is 4.79 Å². The van der Waals surface area contributed by atoms with E-state index in [1.807, 2.05) is 36.1 Å². The standard InChI is InChI=1S/C16H19NO4/c1-11-15(13-5-3-4-6-14(13)21-11)16(18)17-7-8-20-10-12(17)9-19-2/h3-6,12H,7-10H2,1-2H3. The van der Waals surface area contributed by atoms with E-state index in [4.69, 9.17) is 13.9 Å². The molecule has 1 fully saturated rings. The van der Waals surface area contributed by atoms with Crippen LogP contribution in [0, 0.1) is 6.92 Å². The number of carbonyl (C=O) groups is 1. The molecule has 0 radical (unpaired) electrons. The van der Waals surface area contributed by atoms with Crippen LogP contribution in [0.15, 0.2) is 28.7 Å². The molecule has 0 bridgehead atoms. The summed E-state index contributed by atoms with van der Waals surface area (Å²) < 4.78 is 16.3. The van der Waals surface area contributed by atoms with Crippen LogP contribution in [0.4, 0.5) is 0 Å². The lowest BCUT2D eigenvalue weighted by Crippen LogP contribution is -2.50. The summed E-state index contributed by atoms with van der Waals surface area (Å²) >= 11 is 0. The average Bonchev–Trinajstić information content (AvgIpc) is 2.83. The third-order valence-corrected chi connectivity index (χ3v) is 3.83. The molecule has 1 atom stereocenters. The number of carbonyl (C=O) groups excluding carboxylic acids is 1. The Bertz CT molecular complexity index is 647. The first-order valence-corrected chi connectivity index (χ1v) is 7.08. The Morgan fingerprint density at radius 2 is 2.24 bits per heavy atom. The van der Waals surface area contributed by atoms with Gasteiger partial charge in [-0.1, -0.05) is 18.2 Å². The monoisotopic (exact) mass is 289 g/mol. The average molecular weight is 289 g/mol. The number of para-hydroxylation sites is 1. The predicted molar refractivity (Wildman–Crippen MR) is 78.5 cm³/mol. The van der Waals surface area contributed by atoms with Crippen LogP contribution in [-0.2, 0) is 9.47 Å². The smallest absolute Gasteiger partial charge is 0.258 e. The summed E-state index contributed by atoms with van der Waals surface area (Å²) in [5, 5.41) is 0.864. The van der Waals surface area contributed by atoms with E-state index in [0.29, 0.717) is 37.7 Å². The van der Waals surface area contributed by atoms with E-state index in [0.717, 1.165) is 11.0 Å². The topological polar surface area (TPSA) is 51.9 Å². The van der Waals surface area contributed by atoms with Crippen LogP contribution in [0.25, 0.3) is 11.0 Å². The van der Waals surface area contributed by atoms with Crippen molar-refractivity contribution >= 4 is 16.9 Å². The normalized spacial score (nSPS) is 19.1. The number of methoxy groups -OCH3 is 1. The van der Waals surface area contributed by atoms with Gasteiger partial charge in [0.15, 0.2) is 0 Å². The minimum Gasteiger partial charge on any atom is -0.461 e. The molecule has 112 valence electrons. The second-order valence-electron chi connectivity index (χ2n) is 5.21. The number of nitrogens with zero attached hydrogens (tertiary/aromatic N) is 1. The van der Waals surface area contributed by atoms with Crippen molar-refractivity contribution in [3.05, 3.63) is 35.6 Å². The number of hydrogen-bond acceptors (Lipinski definition) is 4. The molecule has 1 aliphatic heterocycles. The quantitative estimate of drug-likeness (QED) is 0.869. The number of furan rings is 1. The lowest BCUT2D eigenvalue weighted by Gasteiger charge is -2.35. The molecule has 3 rings (SSSR count). The van der Waals surface area contributed by atoms with Gasteiger partial charge in [-0.25, -0.2) is 0 Å². The van der Waals surface area contributed by atoms with Gasteiger partial charge in [-0.2, -0.15) is 0 Å². The highest BCUT2D eigenvalue weighted by molar-refractivity contribution is 6.07. The Morgan fingerprint density at radius 3 is 3.05 bits per heavy atom. The summed E-state index contributed by atoms with van der Waals surface area (Å²) in [6.45, 7) is 3.95. The zero-order valence-corrected chi connectivity index (χ0v) is 12.3. The first-order valence-electron chi connectivity index (χ1n) is 7.08. The highest BCUT2D eigenvalue weighted by Gasteiger charge is 2.31. The van der Waals surface area contributed by atoms with Gasteiger partial charge >= 0.3 is 0 Å². The van der Waals surface area contributed by atoms with Crippen molar-refractivity contribution in [3.63, 3.8) is 0 Å². The lowest BCUT2D eigenvalue weighted by molar-refractivity contribution is -0.0251. The zero-order chi connectivity index (χ0) is 14.8. The molecule has 1 saturated heterocycles. The Balaban J connectivity index is 1.97. The van der Waals surface area contributed by atoms with Crippen molar-refractivity contribution in [2.75, 3.05) is 33.5 Å². The Labute approximate surface area is 123 Å². The summed E-state index contributed by atoms with van der Waals surface area (Å²) in [5.74, 6) is 0.645. The lowest BCUT2D eigenvalue weighted by atomic mass is 10.1. The van der Waals surface area contributed by atoms with Gasteiger partial charge in [0, 0.05) is 19.0 Å².